The van der Waals surface area contributed by atoms with Crippen LogP contribution in [0.15, 0.2) is 24.3 Å². The standard InChI is InChI=1S/C16H17N3O2S/c1-9-14(10(2)22-18-9)16(21)19-8-12-6-4-3-5-11(12)7-13(19)15(17)20/h3-6,13H,7-8H2,1-2H3,(H2,17,20)/t13-/m0/s1. The van der Waals surface area contributed by atoms with Gasteiger partial charge in [0.25, 0.3) is 5.91 Å². The van der Waals surface area contributed by atoms with Crippen molar-refractivity contribution in [1.29, 1.82) is 0 Å². The first-order valence-electron chi connectivity index (χ1n) is 7.09. The number of fused-ring (bicyclic) bond motifs is 1. The normalized spacial score (nSPS) is 17.2. The second-order valence-corrected chi connectivity index (χ2v) is 6.50. The lowest BCUT2D eigenvalue weighted by Gasteiger charge is -2.35. The highest BCUT2D eigenvalue weighted by Crippen LogP contribution is 2.27. The van der Waals surface area contributed by atoms with Crippen molar-refractivity contribution in [3.05, 3.63) is 51.5 Å². The van der Waals surface area contributed by atoms with E-state index in [4.69, 9.17) is 5.73 Å². The number of amides is 2. The van der Waals surface area contributed by atoms with Crippen LogP contribution in [0.2, 0.25) is 0 Å². The van der Waals surface area contributed by atoms with E-state index in [1.54, 1.807) is 4.90 Å². The molecule has 1 atom stereocenters. The summed E-state index contributed by atoms with van der Waals surface area (Å²) < 4.78 is 4.22. The maximum atomic E-state index is 12.9. The zero-order chi connectivity index (χ0) is 15.9. The van der Waals surface area contributed by atoms with Crippen molar-refractivity contribution in [2.24, 2.45) is 5.73 Å². The van der Waals surface area contributed by atoms with Crippen molar-refractivity contribution < 1.29 is 9.59 Å². The Balaban J connectivity index is 2.01. The number of hydrogen-bond acceptors (Lipinski definition) is 4. The average Bonchev–Trinajstić information content (AvgIpc) is 2.84. The van der Waals surface area contributed by atoms with Gasteiger partial charge in [-0.3, -0.25) is 9.59 Å². The second-order valence-electron chi connectivity index (χ2n) is 5.52. The van der Waals surface area contributed by atoms with Crippen LogP contribution in [0.4, 0.5) is 0 Å². The van der Waals surface area contributed by atoms with Gasteiger partial charge in [0.2, 0.25) is 5.91 Å². The molecule has 2 amide bonds. The van der Waals surface area contributed by atoms with Gasteiger partial charge in [-0.15, -0.1) is 0 Å². The van der Waals surface area contributed by atoms with Gasteiger partial charge in [-0.25, -0.2) is 0 Å². The molecule has 3 rings (SSSR count). The monoisotopic (exact) mass is 315 g/mol. The number of nitrogens with two attached hydrogens (primary N) is 1. The molecule has 1 aromatic heterocycles. The van der Waals surface area contributed by atoms with Crippen molar-refractivity contribution >= 4 is 23.3 Å². The number of rotatable bonds is 2. The molecular weight excluding hydrogens is 298 g/mol. The van der Waals surface area contributed by atoms with E-state index in [-0.39, 0.29) is 5.91 Å². The topological polar surface area (TPSA) is 76.3 Å². The molecule has 0 bridgehead atoms. The molecule has 0 fully saturated rings. The Labute approximate surface area is 132 Å². The summed E-state index contributed by atoms with van der Waals surface area (Å²) in [6, 6.07) is 7.23. The van der Waals surface area contributed by atoms with E-state index in [2.05, 4.69) is 4.37 Å². The molecule has 0 spiro atoms. The Morgan fingerprint density at radius 2 is 1.95 bits per heavy atom. The SMILES string of the molecule is Cc1nsc(C)c1C(=O)N1Cc2ccccc2C[C@H]1C(N)=O. The lowest BCUT2D eigenvalue weighted by atomic mass is 9.93. The summed E-state index contributed by atoms with van der Waals surface area (Å²) >= 11 is 1.30. The molecule has 1 aliphatic heterocycles. The first-order chi connectivity index (χ1) is 10.5. The van der Waals surface area contributed by atoms with Gasteiger partial charge in [0, 0.05) is 17.8 Å². The Hall–Kier alpha value is -2.21. The van der Waals surface area contributed by atoms with Crippen molar-refractivity contribution in [3.63, 3.8) is 0 Å². The van der Waals surface area contributed by atoms with Crippen LogP contribution in [-0.2, 0) is 17.8 Å². The van der Waals surface area contributed by atoms with Crippen LogP contribution in [0, 0.1) is 13.8 Å². The van der Waals surface area contributed by atoms with Gasteiger partial charge in [-0.2, -0.15) is 4.37 Å². The first kappa shape index (κ1) is 14.7. The predicted octanol–water partition coefficient (Wildman–Crippen LogP) is 1.81. The van der Waals surface area contributed by atoms with E-state index in [0.29, 0.717) is 24.2 Å². The molecule has 5 nitrogen and oxygen atoms in total. The third kappa shape index (κ3) is 2.39. The van der Waals surface area contributed by atoms with Gasteiger partial charge in [0.05, 0.1) is 11.3 Å². The van der Waals surface area contributed by atoms with E-state index in [1.807, 2.05) is 38.1 Å². The second kappa shape index (κ2) is 5.53. The van der Waals surface area contributed by atoms with Crippen molar-refractivity contribution in [2.75, 3.05) is 0 Å². The number of carbonyl (C=O) groups is 2. The maximum absolute atomic E-state index is 12.9. The van der Waals surface area contributed by atoms with E-state index in [1.165, 1.54) is 11.5 Å². The molecule has 2 aromatic rings. The lowest BCUT2D eigenvalue weighted by molar-refractivity contribution is -0.122. The van der Waals surface area contributed by atoms with Gasteiger partial charge in [0.1, 0.15) is 6.04 Å². The van der Waals surface area contributed by atoms with Crippen LogP contribution >= 0.6 is 11.5 Å². The van der Waals surface area contributed by atoms with E-state index in [9.17, 15) is 9.59 Å². The average molecular weight is 315 g/mol. The van der Waals surface area contributed by atoms with Crippen molar-refractivity contribution in [3.8, 4) is 0 Å². The van der Waals surface area contributed by atoms with Crippen LogP contribution < -0.4 is 5.73 Å². The molecule has 0 unspecified atom stereocenters. The summed E-state index contributed by atoms with van der Waals surface area (Å²) in [6.45, 7) is 4.08. The largest absolute Gasteiger partial charge is 0.368 e. The van der Waals surface area contributed by atoms with Gasteiger partial charge < -0.3 is 10.6 Å². The van der Waals surface area contributed by atoms with E-state index in [0.717, 1.165) is 16.0 Å². The highest BCUT2D eigenvalue weighted by atomic mass is 32.1. The highest BCUT2D eigenvalue weighted by molar-refractivity contribution is 7.06. The predicted molar refractivity (Wildman–Crippen MR) is 84.6 cm³/mol. The van der Waals surface area contributed by atoms with Crippen molar-refractivity contribution in [2.45, 2.75) is 32.9 Å². The smallest absolute Gasteiger partial charge is 0.257 e. The molecule has 0 radical (unpaired) electrons. The fourth-order valence-corrected chi connectivity index (χ4v) is 3.61. The summed E-state index contributed by atoms with van der Waals surface area (Å²) in [7, 11) is 0. The first-order valence-corrected chi connectivity index (χ1v) is 7.86. The molecule has 1 aromatic carbocycles. The van der Waals surface area contributed by atoms with Gasteiger partial charge in [0.15, 0.2) is 0 Å². The molecule has 0 aliphatic carbocycles. The molecule has 2 heterocycles. The third-order valence-corrected chi connectivity index (χ3v) is 4.93. The zero-order valence-corrected chi connectivity index (χ0v) is 13.3. The van der Waals surface area contributed by atoms with Crippen LogP contribution in [-0.4, -0.2) is 27.1 Å². The minimum atomic E-state index is -0.610. The van der Waals surface area contributed by atoms with E-state index < -0.39 is 11.9 Å². The Kier molecular flexibility index (Phi) is 3.70. The number of benzene rings is 1. The summed E-state index contributed by atoms with van der Waals surface area (Å²) in [5.41, 5.74) is 8.97. The molecule has 2 N–H and O–H groups in total. The minimum absolute atomic E-state index is 0.165. The van der Waals surface area contributed by atoms with Crippen LogP contribution in [0.25, 0.3) is 0 Å². The van der Waals surface area contributed by atoms with Gasteiger partial charge in [-0.05, 0) is 36.5 Å². The Bertz CT molecular complexity index is 734. The van der Waals surface area contributed by atoms with Crippen LogP contribution in [0.5, 0.6) is 0 Å². The quantitative estimate of drug-likeness (QED) is 0.918. The zero-order valence-electron chi connectivity index (χ0n) is 12.5. The number of aromatic nitrogens is 1. The van der Waals surface area contributed by atoms with Gasteiger partial charge in [-0.1, -0.05) is 24.3 Å². The lowest BCUT2D eigenvalue weighted by Crippen LogP contribution is -2.51. The van der Waals surface area contributed by atoms with Crippen molar-refractivity contribution in [1.82, 2.24) is 9.27 Å². The molecule has 1 aliphatic rings. The van der Waals surface area contributed by atoms with Gasteiger partial charge >= 0.3 is 0 Å². The molecule has 22 heavy (non-hydrogen) atoms. The number of primary amides is 1. The number of nitrogens with zero attached hydrogens (tertiary/aromatic N) is 2. The molecule has 0 saturated carbocycles. The molecule has 114 valence electrons. The van der Waals surface area contributed by atoms with Crippen LogP contribution in [0.3, 0.4) is 0 Å². The highest BCUT2D eigenvalue weighted by Gasteiger charge is 2.35. The van der Waals surface area contributed by atoms with E-state index >= 15 is 0 Å². The number of carbonyl (C=O) groups excluding carboxylic acids is 2. The number of aryl methyl sites for hydroxylation is 2. The fourth-order valence-electron chi connectivity index (χ4n) is 2.92. The third-order valence-electron chi connectivity index (χ3n) is 4.09. The summed E-state index contributed by atoms with van der Waals surface area (Å²) in [4.78, 5) is 27.2. The maximum Gasteiger partial charge on any atom is 0.257 e. The Morgan fingerprint density at radius 1 is 1.27 bits per heavy atom. The fraction of sp³-hybridized carbons (Fsp3) is 0.312. The number of hydrogen-bond donors (Lipinski definition) is 1. The van der Waals surface area contributed by atoms with Crippen LogP contribution in [0.1, 0.15) is 32.1 Å². The Morgan fingerprint density at radius 3 is 2.55 bits per heavy atom. The molecular formula is C16H17N3O2S. The minimum Gasteiger partial charge on any atom is -0.368 e. The molecule has 0 saturated heterocycles. The summed E-state index contributed by atoms with van der Waals surface area (Å²) in [5, 5.41) is 0. The molecule has 6 heteroatoms. The summed E-state index contributed by atoms with van der Waals surface area (Å²) in [6.07, 6.45) is 0.465. The summed E-state index contributed by atoms with van der Waals surface area (Å²) in [5.74, 6) is -0.636.